The molecular formula is C28H36O5-2. The number of carbonyl (C=O) groups excluding carboxylic acids is 2. The molecule has 8 rings (SSSR count). The maximum absolute atomic E-state index is 12.7. The van der Waals surface area contributed by atoms with Gasteiger partial charge >= 0.3 is 0 Å². The molecule has 0 N–H and O–H groups in total. The molecule has 5 nitrogen and oxygen atoms in total. The first-order chi connectivity index (χ1) is 15.8. The van der Waals surface area contributed by atoms with Gasteiger partial charge < -0.3 is 24.5 Å². The molecule has 8 fully saturated rings. The van der Waals surface area contributed by atoms with E-state index in [0.717, 1.165) is 74.0 Å². The van der Waals surface area contributed by atoms with E-state index < -0.39 is 11.9 Å². The van der Waals surface area contributed by atoms with E-state index in [9.17, 15) is 19.8 Å². The fraction of sp³-hybridized carbons (Fsp3) is 0.786. The molecule has 0 unspecified atom stereocenters. The third-order valence-electron chi connectivity index (χ3n) is 10.5. The highest BCUT2D eigenvalue weighted by molar-refractivity contribution is 5.87. The lowest BCUT2D eigenvalue weighted by molar-refractivity contribution is -0.300. The second kappa shape index (κ2) is 7.69. The van der Waals surface area contributed by atoms with Crippen LogP contribution in [0.15, 0.2) is 23.3 Å². The van der Waals surface area contributed by atoms with Crippen LogP contribution in [0.5, 0.6) is 0 Å². The van der Waals surface area contributed by atoms with Crippen LogP contribution in [0, 0.1) is 46.3 Å². The number of rotatable bonds is 8. The van der Waals surface area contributed by atoms with Gasteiger partial charge in [-0.15, -0.1) is 0 Å². The van der Waals surface area contributed by atoms with Gasteiger partial charge in [0, 0.05) is 5.57 Å². The Morgan fingerprint density at radius 3 is 1.33 bits per heavy atom. The van der Waals surface area contributed by atoms with E-state index in [1.54, 1.807) is 0 Å². The van der Waals surface area contributed by atoms with Crippen LogP contribution >= 0.6 is 0 Å². The molecule has 8 bridgehead atoms. The first-order valence-electron chi connectivity index (χ1n) is 13.2. The third kappa shape index (κ3) is 3.61. The number of aliphatic carboxylic acids is 2. The topological polar surface area (TPSA) is 89.5 Å². The molecule has 0 atom stereocenters. The molecule has 0 aromatic carbocycles. The van der Waals surface area contributed by atoms with Crippen LogP contribution in [0.1, 0.15) is 77.0 Å². The van der Waals surface area contributed by atoms with Gasteiger partial charge in [0.05, 0.1) is 25.2 Å². The van der Waals surface area contributed by atoms with Crippen LogP contribution in [0.25, 0.3) is 0 Å². The molecule has 180 valence electrons. The molecule has 5 heteroatoms. The van der Waals surface area contributed by atoms with Crippen molar-refractivity contribution in [1.82, 2.24) is 0 Å². The van der Waals surface area contributed by atoms with Gasteiger partial charge in [-0.1, -0.05) is 12.2 Å². The summed E-state index contributed by atoms with van der Waals surface area (Å²) in [7, 11) is 0. The summed E-state index contributed by atoms with van der Waals surface area (Å²) >= 11 is 0. The normalized spacial score (nSPS) is 44.1. The molecule has 8 saturated carbocycles. The van der Waals surface area contributed by atoms with Gasteiger partial charge in [0.1, 0.15) is 0 Å². The number of carboxylic acid groups (broad SMARTS) is 2. The predicted molar refractivity (Wildman–Crippen MR) is 118 cm³/mol. The van der Waals surface area contributed by atoms with Gasteiger partial charge in [-0.05, 0) is 129 Å². The van der Waals surface area contributed by atoms with E-state index in [1.807, 2.05) is 0 Å². The van der Waals surface area contributed by atoms with Crippen LogP contribution in [-0.4, -0.2) is 25.2 Å². The molecule has 33 heavy (non-hydrogen) atoms. The minimum atomic E-state index is -1.35. The average Bonchev–Trinajstić information content (AvgIpc) is 2.70. The number of ether oxygens (including phenoxy) is 1. The monoisotopic (exact) mass is 452 g/mol. The van der Waals surface area contributed by atoms with Crippen molar-refractivity contribution in [3.63, 3.8) is 0 Å². The Hall–Kier alpha value is -1.62. The molecule has 0 spiro atoms. The van der Waals surface area contributed by atoms with E-state index in [-0.39, 0.29) is 29.6 Å². The van der Waals surface area contributed by atoms with Gasteiger partial charge in [0.2, 0.25) is 0 Å². The zero-order valence-corrected chi connectivity index (χ0v) is 19.6. The smallest absolute Gasteiger partial charge is 0.0739 e. The van der Waals surface area contributed by atoms with Crippen LogP contribution in [-0.2, 0) is 14.3 Å². The second-order valence-corrected chi connectivity index (χ2v) is 12.9. The predicted octanol–water partition coefficient (Wildman–Crippen LogP) is 2.79. The molecule has 0 radical (unpaired) electrons. The number of carboxylic acids is 2. The first kappa shape index (κ1) is 21.9. The SMILES string of the molecule is C=C(COCC(C(=O)[O-])=C(C12CC3CC(CC(C3)C1)C2)C12CC3CC(CC(C3)C1)C2)C(=O)[O-]. The Kier molecular flexibility index (Phi) is 5.10. The summed E-state index contributed by atoms with van der Waals surface area (Å²) in [6.07, 6.45) is 14.6. The minimum Gasteiger partial charge on any atom is -0.545 e. The quantitative estimate of drug-likeness (QED) is 0.528. The molecule has 0 aromatic heterocycles. The van der Waals surface area contributed by atoms with E-state index in [4.69, 9.17) is 4.74 Å². The number of hydrogen-bond donors (Lipinski definition) is 0. The molecule has 8 aliphatic rings. The maximum atomic E-state index is 12.7. The molecule has 0 heterocycles. The standard InChI is InChI=1S/C28H38O5/c1-16(25(29)30)14-33-15-23(26(31)32)24(27-8-17-2-18(9-27)4-19(3-17)10-27)28-11-20-5-21(12-28)7-22(6-20)13-28/h17-22H,1-15H2,(H,29,30)(H,31,32)/p-2. The van der Waals surface area contributed by atoms with Crippen molar-refractivity contribution in [3.8, 4) is 0 Å². The maximum Gasteiger partial charge on any atom is 0.0739 e. The number of hydrogen-bond acceptors (Lipinski definition) is 5. The van der Waals surface area contributed by atoms with Crippen LogP contribution < -0.4 is 10.2 Å². The second-order valence-electron chi connectivity index (χ2n) is 12.9. The molecular weight excluding hydrogens is 416 g/mol. The Morgan fingerprint density at radius 1 is 0.667 bits per heavy atom. The van der Waals surface area contributed by atoms with E-state index in [1.165, 1.54) is 44.1 Å². The highest BCUT2D eigenvalue weighted by Gasteiger charge is 2.61. The summed E-state index contributed by atoms with van der Waals surface area (Å²) < 4.78 is 5.69. The fourth-order valence-corrected chi connectivity index (χ4v) is 10.6. The van der Waals surface area contributed by atoms with Crippen LogP contribution in [0.4, 0.5) is 0 Å². The Labute approximate surface area is 196 Å². The summed E-state index contributed by atoms with van der Waals surface area (Å²) in [5.74, 6) is 1.88. The zero-order valence-electron chi connectivity index (χ0n) is 19.6. The zero-order chi connectivity index (χ0) is 23.0. The molecule has 8 aliphatic carbocycles. The number of allylic oxidation sites excluding steroid dienone is 1. The largest absolute Gasteiger partial charge is 0.545 e. The van der Waals surface area contributed by atoms with Gasteiger partial charge in [-0.25, -0.2) is 0 Å². The van der Waals surface area contributed by atoms with Gasteiger partial charge in [0.25, 0.3) is 0 Å². The summed E-state index contributed by atoms with van der Waals surface area (Å²) in [5, 5.41) is 23.8. The van der Waals surface area contributed by atoms with Crippen molar-refractivity contribution >= 4 is 11.9 Å². The summed E-state index contributed by atoms with van der Waals surface area (Å²) in [6, 6.07) is 0. The number of carbonyl (C=O) groups is 2. The van der Waals surface area contributed by atoms with Gasteiger partial charge in [-0.2, -0.15) is 0 Å². The third-order valence-corrected chi connectivity index (χ3v) is 10.5. The lowest BCUT2D eigenvalue weighted by Crippen LogP contribution is -2.55. The summed E-state index contributed by atoms with van der Waals surface area (Å²) in [6.45, 7) is 3.18. The molecule has 0 amide bonds. The van der Waals surface area contributed by atoms with Crippen molar-refractivity contribution in [3.05, 3.63) is 23.3 Å². The first-order valence-corrected chi connectivity index (χ1v) is 13.2. The van der Waals surface area contributed by atoms with Crippen molar-refractivity contribution < 1.29 is 24.5 Å². The average molecular weight is 453 g/mol. The van der Waals surface area contributed by atoms with Crippen molar-refractivity contribution in [1.29, 1.82) is 0 Å². The van der Waals surface area contributed by atoms with E-state index in [2.05, 4.69) is 6.58 Å². The van der Waals surface area contributed by atoms with E-state index >= 15 is 0 Å². The van der Waals surface area contributed by atoms with Crippen LogP contribution in [0.2, 0.25) is 0 Å². The lowest BCUT2D eigenvalue weighted by atomic mass is 9.39. The summed E-state index contributed by atoms with van der Waals surface area (Å²) in [4.78, 5) is 23.8. The molecule has 0 aliphatic heterocycles. The van der Waals surface area contributed by atoms with Gasteiger partial charge in [-0.3, -0.25) is 0 Å². The minimum absolute atomic E-state index is 0.0233. The summed E-state index contributed by atoms with van der Waals surface area (Å²) in [5.41, 5.74) is 1.34. The fourth-order valence-electron chi connectivity index (χ4n) is 10.6. The Balaban J connectivity index is 1.43. The Morgan fingerprint density at radius 2 is 1.03 bits per heavy atom. The van der Waals surface area contributed by atoms with Crippen molar-refractivity contribution in [2.45, 2.75) is 77.0 Å². The van der Waals surface area contributed by atoms with Crippen molar-refractivity contribution in [2.24, 2.45) is 46.3 Å². The Bertz CT molecular complexity index is 795. The lowest BCUT2D eigenvalue weighted by Gasteiger charge is -2.65. The van der Waals surface area contributed by atoms with Gasteiger partial charge in [0.15, 0.2) is 0 Å². The van der Waals surface area contributed by atoms with E-state index in [0.29, 0.717) is 5.57 Å². The van der Waals surface area contributed by atoms with Crippen molar-refractivity contribution in [2.75, 3.05) is 13.2 Å². The molecule has 0 aromatic rings. The van der Waals surface area contributed by atoms with Crippen LogP contribution in [0.3, 0.4) is 0 Å². The highest BCUT2D eigenvalue weighted by Crippen LogP contribution is 2.71. The highest BCUT2D eigenvalue weighted by atomic mass is 16.5. The molecule has 0 saturated heterocycles.